The Labute approximate surface area is 236 Å². The Morgan fingerprint density at radius 2 is 1.88 bits per heavy atom. The molecular weight excluding hydrogens is 545 g/mol. The molecule has 9 nitrogen and oxygen atoms in total. The molecule has 0 N–H and O–H groups in total. The third kappa shape index (κ3) is 6.32. The number of imide groups is 1. The molecular formula is C29H35F3N2O7. The van der Waals surface area contributed by atoms with Gasteiger partial charge in [0.05, 0.1) is 25.6 Å². The minimum atomic E-state index is -4.50. The molecule has 2 aliphatic carbocycles. The van der Waals surface area contributed by atoms with E-state index >= 15 is 0 Å². The van der Waals surface area contributed by atoms with Gasteiger partial charge in [-0.1, -0.05) is 13.3 Å². The zero-order valence-electron chi connectivity index (χ0n) is 23.1. The summed E-state index contributed by atoms with van der Waals surface area (Å²) in [6.45, 7) is 3.52. The highest BCUT2D eigenvalue weighted by Gasteiger charge is 2.49. The molecule has 5 rings (SSSR count). The lowest BCUT2D eigenvalue weighted by atomic mass is 9.82. The molecule has 3 amide bonds. The number of allylic oxidation sites excluding steroid dienone is 5. The van der Waals surface area contributed by atoms with Crippen molar-refractivity contribution in [3.63, 3.8) is 0 Å². The number of hydrogen-bond donors (Lipinski definition) is 0. The maximum atomic E-state index is 13.6. The number of nitrogens with zero attached hydrogens (tertiary/aromatic N) is 2. The first-order chi connectivity index (χ1) is 19.7. The highest BCUT2D eigenvalue weighted by Crippen LogP contribution is 2.47. The number of alkyl halides is 3. The molecule has 224 valence electrons. The number of ether oxygens (including phenoxy) is 4. The van der Waals surface area contributed by atoms with Gasteiger partial charge >= 0.3 is 18.2 Å². The summed E-state index contributed by atoms with van der Waals surface area (Å²) in [6, 6.07) is -0.342. The number of carbonyl (C=O) groups is 3. The first-order valence-electron chi connectivity index (χ1n) is 14.3. The maximum absolute atomic E-state index is 13.6. The van der Waals surface area contributed by atoms with E-state index in [0.29, 0.717) is 82.6 Å². The first-order valence-corrected chi connectivity index (χ1v) is 14.3. The number of fused-ring (bicyclic) bond motifs is 1. The van der Waals surface area contributed by atoms with Crippen molar-refractivity contribution < 1.29 is 46.5 Å². The van der Waals surface area contributed by atoms with Crippen molar-refractivity contribution in [2.24, 2.45) is 5.92 Å². The van der Waals surface area contributed by atoms with Gasteiger partial charge in [0.15, 0.2) is 0 Å². The lowest BCUT2D eigenvalue weighted by Gasteiger charge is -2.34. The molecule has 41 heavy (non-hydrogen) atoms. The van der Waals surface area contributed by atoms with Gasteiger partial charge in [-0.2, -0.15) is 13.2 Å². The molecule has 0 aromatic heterocycles. The number of urea groups is 1. The molecule has 3 heterocycles. The van der Waals surface area contributed by atoms with Crippen LogP contribution in [0.1, 0.15) is 64.7 Å². The summed E-state index contributed by atoms with van der Waals surface area (Å²) < 4.78 is 63.4. The largest absolute Gasteiger partial charge is 0.498 e. The average Bonchev–Trinajstić information content (AvgIpc) is 3.23. The van der Waals surface area contributed by atoms with Crippen LogP contribution in [0.15, 0.2) is 46.3 Å². The molecule has 0 radical (unpaired) electrons. The predicted molar refractivity (Wildman–Crippen MR) is 139 cm³/mol. The number of hydrogen-bond acceptors (Lipinski definition) is 7. The number of unbranched alkanes of at least 4 members (excludes halogenated alkanes) is 2. The van der Waals surface area contributed by atoms with Gasteiger partial charge in [0, 0.05) is 30.7 Å². The van der Waals surface area contributed by atoms with Crippen LogP contribution >= 0.6 is 0 Å². The molecule has 2 fully saturated rings. The predicted octanol–water partition coefficient (Wildman–Crippen LogP) is 5.25. The molecule has 0 saturated carbocycles. The summed E-state index contributed by atoms with van der Waals surface area (Å²) in [5, 5.41) is 0. The second-order valence-electron chi connectivity index (χ2n) is 10.7. The normalized spacial score (nSPS) is 25.0. The Kier molecular flexibility index (Phi) is 8.77. The summed E-state index contributed by atoms with van der Waals surface area (Å²) in [6.07, 6.45) is 2.15. The molecule has 5 aliphatic rings. The SMILES string of the molecule is CCCC1=C(OCCCCCN2C(=O)CN(C3=CC=C4OCCOC4C3)C2=O)CCC2=C1OC(=O)CC2C(F)(F)F. The van der Waals surface area contributed by atoms with E-state index in [4.69, 9.17) is 18.9 Å². The zero-order chi connectivity index (χ0) is 29.1. The van der Waals surface area contributed by atoms with E-state index in [1.54, 1.807) is 12.2 Å². The zero-order valence-corrected chi connectivity index (χ0v) is 23.1. The topological polar surface area (TPSA) is 94.6 Å². The van der Waals surface area contributed by atoms with Crippen LogP contribution in [0.3, 0.4) is 0 Å². The van der Waals surface area contributed by atoms with Crippen LogP contribution in [0.4, 0.5) is 18.0 Å². The third-order valence-electron chi connectivity index (χ3n) is 7.95. The van der Waals surface area contributed by atoms with E-state index in [2.05, 4.69) is 0 Å². The lowest BCUT2D eigenvalue weighted by Crippen LogP contribution is -2.36. The van der Waals surface area contributed by atoms with Crippen LogP contribution in [0.5, 0.6) is 0 Å². The number of halogens is 3. The van der Waals surface area contributed by atoms with Crippen molar-refractivity contribution in [1.82, 2.24) is 9.80 Å². The average molecular weight is 581 g/mol. The van der Waals surface area contributed by atoms with E-state index in [1.807, 2.05) is 6.92 Å². The monoisotopic (exact) mass is 580 g/mol. The van der Waals surface area contributed by atoms with Crippen LogP contribution in [-0.2, 0) is 28.5 Å². The smallest absolute Gasteiger partial charge is 0.396 e. The fourth-order valence-electron chi connectivity index (χ4n) is 5.92. The molecule has 12 heteroatoms. The van der Waals surface area contributed by atoms with Crippen molar-refractivity contribution in [1.29, 1.82) is 0 Å². The summed E-state index contributed by atoms with van der Waals surface area (Å²) in [5.74, 6) is -1.57. The standard InChI is InChI=1S/C29H35F3N2O7/c1-2-6-20-22(10-8-19-21(29(30,31)32)16-26(36)41-27(19)20)38-12-5-3-4-11-33-25(35)17-34(28(33)37)18-7-9-23-24(15-18)40-14-13-39-23/h7,9,21,24H,2-6,8,10-17H2,1H3. The summed E-state index contributed by atoms with van der Waals surface area (Å²) >= 11 is 0. The summed E-state index contributed by atoms with van der Waals surface area (Å²) in [4.78, 5) is 40.3. The number of carbonyl (C=O) groups excluding carboxylic acids is 3. The molecule has 2 atom stereocenters. The summed E-state index contributed by atoms with van der Waals surface area (Å²) in [5.41, 5.74) is 1.42. The second kappa shape index (κ2) is 12.3. The molecule has 0 aromatic rings. The van der Waals surface area contributed by atoms with Gasteiger partial charge in [-0.25, -0.2) is 4.79 Å². The molecule has 2 saturated heterocycles. The van der Waals surface area contributed by atoms with Gasteiger partial charge in [-0.15, -0.1) is 0 Å². The van der Waals surface area contributed by atoms with Gasteiger partial charge in [0.25, 0.3) is 5.91 Å². The van der Waals surface area contributed by atoms with E-state index in [-0.39, 0.29) is 42.3 Å². The maximum Gasteiger partial charge on any atom is 0.396 e. The number of amides is 3. The van der Waals surface area contributed by atoms with E-state index in [1.165, 1.54) is 9.80 Å². The van der Waals surface area contributed by atoms with Gasteiger partial charge in [-0.3, -0.25) is 19.4 Å². The highest BCUT2D eigenvalue weighted by molar-refractivity contribution is 6.02. The van der Waals surface area contributed by atoms with Gasteiger partial charge in [-0.05, 0) is 49.8 Å². The fourth-order valence-corrected chi connectivity index (χ4v) is 5.92. The third-order valence-corrected chi connectivity index (χ3v) is 7.95. The molecule has 0 spiro atoms. The molecule has 3 aliphatic heterocycles. The molecule has 0 aromatic carbocycles. The number of esters is 1. The van der Waals surface area contributed by atoms with Crippen molar-refractivity contribution in [3.05, 3.63) is 46.3 Å². The van der Waals surface area contributed by atoms with Gasteiger partial charge < -0.3 is 18.9 Å². The van der Waals surface area contributed by atoms with Crippen LogP contribution in [0.25, 0.3) is 0 Å². The Balaban J connectivity index is 1.12. The number of rotatable bonds is 10. The Hall–Kier alpha value is -3.28. The molecule has 0 bridgehead atoms. The Morgan fingerprint density at radius 3 is 2.66 bits per heavy atom. The Bertz CT molecular complexity index is 1200. The first kappa shape index (κ1) is 29.2. The quantitative estimate of drug-likeness (QED) is 0.198. The van der Waals surface area contributed by atoms with E-state index < -0.39 is 24.5 Å². The van der Waals surface area contributed by atoms with Crippen LogP contribution in [0.2, 0.25) is 0 Å². The lowest BCUT2D eigenvalue weighted by molar-refractivity contribution is -0.180. The van der Waals surface area contributed by atoms with Crippen molar-refractivity contribution >= 4 is 17.9 Å². The van der Waals surface area contributed by atoms with Gasteiger partial charge in [0.1, 0.15) is 36.5 Å². The van der Waals surface area contributed by atoms with Crippen molar-refractivity contribution in [2.45, 2.75) is 77.0 Å². The van der Waals surface area contributed by atoms with Crippen molar-refractivity contribution in [3.8, 4) is 0 Å². The highest BCUT2D eigenvalue weighted by atomic mass is 19.4. The minimum absolute atomic E-state index is 0.00347. The van der Waals surface area contributed by atoms with Crippen LogP contribution in [-0.4, -0.2) is 72.9 Å². The second-order valence-corrected chi connectivity index (χ2v) is 10.7. The van der Waals surface area contributed by atoms with Gasteiger partial charge in [0.2, 0.25) is 0 Å². The van der Waals surface area contributed by atoms with Crippen molar-refractivity contribution in [2.75, 3.05) is 32.9 Å². The molecule has 2 unspecified atom stereocenters. The van der Waals surface area contributed by atoms with E-state index in [9.17, 15) is 27.6 Å². The van der Waals surface area contributed by atoms with E-state index in [0.717, 1.165) is 11.5 Å². The summed E-state index contributed by atoms with van der Waals surface area (Å²) in [7, 11) is 0. The minimum Gasteiger partial charge on any atom is -0.498 e. The fraction of sp³-hybridized carbons (Fsp3) is 0.621. The van der Waals surface area contributed by atoms with Crippen LogP contribution < -0.4 is 0 Å². The Morgan fingerprint density at radius 1 is 1.05 bits per heavy atom. The van der Waals surface area contributed by atoms with Crippen LogP contribution in [0, 0.1) is 5.92 Å².